The van der Waals surface area contributed by atoms with Crippen molar-refractivity contribution < 1.29 is 4.21 Å². The van der Waals surface area contributed by atoms with Crippen LogP contribution in [0.25, 0.3) is 0 Å². The predicted octanol–water partition coefficient (Wildman–Crippen LogP) is 2.70. The van der Waals surface area contributed by atoms with E-state index >= 15 is 0 Å². The van der Waals surface area contributed by atoms with Crippen molar-refractivity contribution in [3.8, 4) is 0 Å². The van der Waals surface area contributed by atoms with Gasteiger partial charge < -0.3 is 5.32 Å². The molecule has 0 amide bonds. The summed E-state index contributed by atoms with van der Waals surface area (Å²) >= 11 is 0. The van der Waals surface area contributed by atoms with E-state index in [-0.39, 0.29) is 0 Å². The van der Waals surface area contributed by atoms with E-state index in [1.54, 1.807) is 6.26 Å². The molecule has 0 fully saturated rings. The van der Waals surface area contributed by atoms with Crippen molar-refractivity contribution in [3.05, 3.63) is 0 Å². The molecule has 92 valence electrons. The molecule has 2 unspecified atom stereocenters. The third kappa shape index (κ3) is 12.0. The monoisotopic (exact) mass is 233 g/mol. The molecular formula is C12H27NOS. The summed E-state index contributed by atoms with van der Waals surface area (Å²) in [5.74, 6) is 0.823. The molecule has 0 saturated carbocycles. The van der Waals surface area contributed by atoms with E-state index in [0.717, 1.165) is 18.7 Å². The molecule has 0 aliphatic rings. The van der Waals surface area contributed by atoms with Gasteiger partial charge in [-0.15, -0.1) is 0 Å². The van der Waals surface area contributed by atoms with E-state index in [0.29, 0.717) is 6.04 Å². The van der Waals surface area contributed by atoms with Crippen molar-refractivity contribution in [2.75, 3.05) is 18.6 Å². The average molecular weight is 233 g/mol. The molecule has 0 radical (unpaired) electrons. The number of hydrogen-bond donors (Lipinski definition) is 1. The lowest BCUT2D eigenvalue weighted by atomic mass is 10.1. The standard InChI is InChI=1S/C12H27NOS/c1-4-5-6-7-8-10-13-12(2)9-11-15(3)14/h12-13H,4-11H2,1-3H3. The Kier molecular flexibility index (Phi) is 10.7. The normalized spacial score (nSPS) is 15.1. The minimum absolute atomic E-state index is 0.514. The Hall–Kier alpha value is 0.110. The van der Waals surface area contributed by atoms with Gasteiger partial charge in [0.05, 0.1) is 0 Å². The van der Waals surface area contributed by atoms with E-state index in [2.05, 4.69) is 19.2 Å². The molecule has 1 N–H and O–H groups in total. The minimum Gasteiger partial charge on any atom is -0.314 e. The maximum Gasteiger partial charge on any atom is 0.0246 e. The minimum atomic E-state index is -0.638. The van der Waals surface area contributed by atoms with E-state index in [1.165, 1.54) is 32.1 Å². The summed E-state index contributed by atoms with van der Waals surface area (Å²) in [5, 5.41) is 3.48. The van der Waals surface area contributed by atoms with Crippen molar-refractivity contribution >= 4 is 10.8 Å². The van der Waals surface area contributed by atoms with Crippen LogP contribution in [0.2, 0.25) is 0 Å². The Morgan fingerprint density at radius 1 is 1.20 bits per heavy atom. The second-order valence-electron chi connectivity index (χ2n) is 4.34. The van der Waals surface area contributed by atoms with Crippen LogP contribution in [0.1, 0.15) is 52.4 Å². The summed E-state index contributed by atoms with van der Waals surface area (Å²) in [7, 11) is -0.638. The Balaban J connectivity index is 3.16. The maximum absolute atomic E-state index is 10.9. The lowest BCUT2D eigenvalue weighted by molar-refractivity contribution is 0.507. The van der Waals surface area contributed by atoms with Gasteiger partial charge in [-0.05, 0) is 26.3 Å². The summed E-state index contributed by atoms with van der Waals surface area (Å²) in [6.07, 6.45) is 9.46. The smallest absolute Gasteiger partial charge is 0.0246 e. The zero-order valence-corrected chi connectivity index (χ0v) is 11.4. The summed E-state index contributed by atoms with van der Waals surface area (Å²) in [6.45, 7) is 5.53. The van der Waals surface area contributed by atoms with E-state index < -0.39 is 10.8 Å². The fourth-order valence-corrected chi connectivity index (χ4v) is 2.21. The maximum atomic E-state index is 10.9. The first-order chi connectivity index (χ1) is 7.16. The van der Waals surface area contributed by atoms with Crippen molar-refractivity contribution in [3.63, 3.8) is 0 Å². The number of hydrogen-bond acceptors (Lipinski definition) is 2. The molecule has 0 spiro atoms. The number of unbranched alkanes of at least 4 members (excludes halogenated alkanes) is 4. The topological polar surface area (TPSA) is 29.1 Å². The van der Waals surface area contributed by atoms with E-state index in [9.17, 15) is 4.21 Å². The summed E-state index contributed by atoms with van der Waals surface area (Å²) in [6, 6.07) is 0.514. The van der Waals surface area contributed by atoms with Gasteiger partial charge in [-0.25, -0.2) is 0 Å². The van der Waals surface area contributed by atoms with Crippen molar-refractivity contribution in [1.82, 2.24) is 5.32 Å². The largest absolute Gasteiger partial charge is 0.314 e. The van der Waals surface area contributed by atoms with Gasteiger partial charge in [0.15, 0.2) is 0 Å². The highest BCUT2D eigenvalue weighted by atomic mass is 32.2. The highest BCUT2D eigenvalue weighted by molar-refractivity contribution is 7.84. The molecule has 2 nitrogen and oxygen atoms in total. The molecule has 15 heavy (non-hydrogen) atoms. The second-order valence-corrected chi connectivity index (χ2v) is 5.89. The average Bonchev–Trinajstić information content (AvgIpc) is 2.20. The fraction of sp³-hybridized carbons (Fsp3) is 1.00. The molecule has 0 bridgehead atoms. The van der Waals surface area contributed by atoms with Gasteiger partial charge in [-0.1, -0.05) is 32.6 Å². The van der Waals surface area contributed by atoms with Crippen molar-refractivity contribution in [1.29, 1.82) is 0 Å². The van der Waals surface area contributed by atoms with Gasteiger partial charge in [-0.3, -0.25) is 4.21 Å². The third-order valence-electron chi connectivity index (χ3n) is 2.61. The Bertz CT molecular complexity index is 162. The molecule has 0 aromatic rings. The van der Waals surface area contributed by atoms with Crippen LogP contribution in [0.4, 0.5) is 0 Å². The van der Waals surface area contributed by atoms with Crippen LogP contribution in [-0.4, -0.2) is 28.8 Å². The molecule has 0 aliphatic carbocycles. The first-order valence-corrected chi connectivity index (χ1v) is 7.93. The van der Waals surface area contributed by atoms with Gasteiger partial charge >= 0.3 is 0 Å². The Morgan fingerprint density at radius 2 is 1.87 bits per heavy atom. The Labute approximate surface area is 97.7 Å². The van der Waals surface area contributed by atoms with E-state index in [1.807, 2.05) is 0 Å². The van der Waals surface area contributed by atoms with Crippen LogP contribution in [0.15, 0.2) is 0 Å². The van der Waals surface area contributed by atoms with Crippen molar-refractivity contribution in [2.24, 2.45) is 0 Å². The van der Waals surface area contributed by atoms with Crippen LogP contribution in [0.3, 0.4) is 0 Å². The van der Waals surface area contributed by atoms with Gasteiger partial charge in [0.25, 0.3) is 0 Å². The summed E-state index contributed by atoms with van der Waals surface area (Å²) in [5.41, 5.74) is 0. The van der Waals surface area contributed by atoms with Gasteiger partial charge in [-0.2, -0.15) is 0 Å². The fourth-order valence-electron chi connectivity index (χ4n) is 1.52. The third-order valence-corrected chi connectivity index (χ3v) is 3.42. The Morgan fingerprint density at radius 3 is 2.47 bits per heavy atom. The van der Waals surface area contributed by atoms with Gasteiger partial charge in [0, 0.05) is 28.9 Å². The summed E-state index contributed by atoms with van der Waals surface area (Å²) < 4.78 is 10.9. The molecule has 0 aliphatic heterocycles. The molecular weight excluding hydrogens is 206 g/mol. The van der Waals surface area contributed by atoms with Crippen LogP contribution in [-0.2, 0) is 10.8 Å². The molecule has 0 saturated heterocycles. The first kappa shape index (κ1) is 15.1. The zero-order chi connectivity index (χ0) is 11.5. The predicted molar refractivity (Wildman–Crippen MR) is 69.8 cm³/mol. The molecule has 3 heteroatoms. The first-order valence-electron chi connectivity index (χ1n) is 6.20. The molecule has 2 atom stereocenters. The molecule has 0 aromatic heterocycles. The lowest BCUT2D eigenvalue weighted by Crippen LogP contribution is -2.28. The lowest BCUT2D eigenvalue weighted by Gasteiger charge is -2.12. The van der Waals surface area contributed by atoms with Crippen LogP contribution < -0.4 is 5.32 Å². The van der Waals surface area contributed by atoms with Gasteiger partial charge in [0.1, 0.15) is 0 Å². The zero-order valence-electron chi connectivity index (χ0n) is 10.6. The summed E-state index contributed by atoms with van der Waals surface area (Å²) in [4.78, 5) is 0. The SMILES string of the molecule is CCCCCCCNC(C)CCS(C)=O. The molecule has 0 rings (SSSR count). The van der Waals surface area contributed by atoms with Gasteiger partial charge in [0.2, 0.25) is 0 Å². The highest BCUT2D eigenvalue weighted by Crippen LogP contribution is 2.01. The molecule has 0 heterocycles. The van der Waals surface area contributed by atoms with E-state index in [4.69, 9.17) is 0 Å². The van der Waals surface area contributed by atoms with Crippen LogP contribution in [0, 0.1) is 0 Å². The van der Waals surface area contributed by atoms with Crippen LogP contribution in [0.5, 0.6) is 0 Å². The number of rotatable bonds is 10. The van der Waals surface area contributed by atoms with Crippen LogP contribution >= 0.6 is 0 Å². The highest BCUT2D eigenvalue weighted by Gasteiger charge is 2.01. The number of nitrogens with one attached hydrogen (secondary N) is 1. The quantitative estimate of drug-likeness (QED) is 0.588. The van der Waals surface area contributed by atoms with Crippen molar-refractivity contribution in [2.45, 2.75) is 58.4 Å². The second kappa shape index (κ2) is 10.6. The molecule has 0 aromatic carbocycles.